The molecule has 0 fully saturated rings. The first-order valence-corrected chi connectivity index (χ1v) is 11.7. The summed E-state index contributed by atoms with van der Waals surface area (Å²) in [7, 11) is 2.94. The Balaban J connectivity index is 1.71. The van der Waals surface area contributed by atoms with Crippen LogP contribution in [0.15, 0.2) is 71.1 Å². The van der Waals surface area contributed by atoms with Gasteiger partial charge in [-0.05, 0) is 54.3 Å². The summed E-state index contributed by atoms with van der Waals surface area (Å²) in [6.45, 7) is 4.20. The highest BCUT2D eigenvalue weighted by molar-refractivity contribution is 5.80. The molecule has 1 unspecified atom stereocenters. The number of nitrogens with one attached hydrogen (secondary N) is 1. The second-order valence-electron chi connectivity index (χ2n) is 8.72. The Morgan fingerprint density at radius 1 is 0.886 bits per heavy atom. The van der Waals surface area contributed by atoms with E-state index in [0.717, 1.165) is 16.9 Å². The zero-order chi connectivity index (χ0) is 25.2. The molecule has 1 heterocycles. The summed E-state index contributed by atoms with van der Waals surface area (Å²) in [5.74, 6) is 1.35. The van der Waals surface area contributed by atoms with E-state index in [1.807, 2.05) is 80.6 Å². The second kappa shape index (κ2) is 12.8. The van der Waals surface area contributed by atoms with Gasteiger partial charge in [-0.15, -0.1) is 0 Å². The SMILES string of the molecule is COC(=O)C(Cc1ccc(-c2ccc(OC)cc2)o1)N[C@@H](CC(C)C)C(=O)OCc1ccccc1. The fourth-order valence-corrected chi connectivity index (χ4v) is 3.73. The average Bonchev–Trinajstić information content (AvgIpc) is 3.34. The van der Waals surface area contributed by atoms with E-state index in [1.165, 1.54) is 7.11 Å². The standard InChI is InChI=1S/C28H33NO6/c1-19(2)16-24(28(31)34-18-20-8-6-5-7-9-20)29-25(27(30)33-4)17-23-14-15-26(35-23)21-10-12-22(32-3)13-11-21/h5-15,19,24-25,29H,16-18H2,1-4H3/t24-,25?/m0/s1. The third kappa shape index (κ3) is 7.72. The van der Waals surface area contributed by atoms with Crippen LogP contribution in [0.2, 0.25) is 0 Å². The van der Waals surface area contributed by atoms with Crippen LogP contribution in [0, 0.1) is 5.92 Å². The van der Waals surface area contributed by atoms with Crippen molar-refractivity contribution in [2.75, 3.05) is 14.2 Å². The number of rotatable bonds is 12. The highest BCUT2D eigenvalue weighted by atomic mass is 16.5. The highest BCUT2D eigenvalue weighted by Gasteiger charge is 2.30. The summed E-state index contributed by atoms with van der Waals surface area (Å²) in [4.78, 5) is 25.5. The van der Waals surface area contributed by atoms with Gasteiger partial charge in [-0.1, -0.05) is 44.2 Å². The number of esters is 2. The normalized spacial score (nSPS) is 12.7. The smallest absolute Gasteiger partial charge is 0.323 e. The summed E-state index contributed by atoms with van der Waals surface area (Å²) in [6.07, 6.45) is 0.736. The number of hydrogen-bond acceptors (Lipinski definition) is 7. The minimum Gasteiger partial charge on any atom is -0.497 e. The molecule has 0 aliphatic rings. The van der Waals surface area contributed by atoms with Gasteiger partial charge in [-0.3, -0.25) is 14.9 Å². The lowest BCUT2D eigenvalue weighted by Crippen LogP contribution is -2.49. The third-order valence-electron chi connectivity index (χ3n) is 5.55. The first kappa shape index (κ1) is 26.0. The number of ether oxygens (including phenoxy) is 3. The number of benzene rings is 2. The maximum absolute atomic E-state index is 12.9. The predicted octanol–water partition coefficient (Wildman–Crippen LogP) is 4.79. The molecule has 2 aromatic carbocycles. The van der Waals surface area contributed by atoms with Gasteiger partial charge in [0, 0.05) is 12.0 Å². The molecule has 0 amide bonds. The molecule has 7 heteroatoms. The zero-order valence-electron chi connectivity index (χ0n) is 20.7. The van der Waals surface area contributed by atoms with Crippen LogP contribution in [-0.2, 0) is 32.1 Å². The van der Waals surface area contributed by atoms with E-state index in [0.29, 0.717) is 17.9 Å². The summed E-state index contributed by atoms with van der Waals surface area (Å²) < 4.78 is 21.7. The molecule has 0 aliphatic heterocycles. The lowest BCUT2D eigenvalue weighted by Gasteiger charge is -2.24. The topological polar surface area (TPSA) is 87.0 Å². The Morgan fingerprint density at radius 3 is 2.23 bits per heavy atom. The third-order valence-corrected chi connectivity index (χ3v) is 5.55. The van der Waals surface area contributed by atoms with E-state index < -0.39 is 24.0 Å². The molecule has 0 saturated carbocycles. The Hall–Kier alpha value is -3.58. The molecule has 7 nitrogen and oxygen atoms in total. The highest BCUT2D eigenvalue weighted by Crippen LogP contribution is 2.25. The predicted molar refractivity (Wildman–Crippen MR) is 133 cm³/mol. The summed E-state index contributed by atoms with van der Waals surface area (Å²) in [5, 5.41) is 3.16. The van der Waals surface area contributed by atoms with Crippen LogP contribution in [0.1, 0.15) is 31.6 Å². The summed E-state index contributed by atoms with van der Waals surface area (Å²) in [5.41, 5.74) is 1.79. The van der Waals surface area contributed by atoms with Crippen molar-refractivity contribution in [3.63, 3.8) is 0 Å². The molecule has 3 rings (SSSR count). The Labute approximate surface area is 206 Å². The van der Waals surface area contributed by atoms with Crippen molar-refractivity contribution >= 4 is 11.9 Å². The maximum Gasteiger partial charge on any atom is 0.323 e. The van der Waals surface area contributed by atoms with Gasteiger partial charge in [0.25, 0.3) is 0 Å². The number of carbonyl (C=O) groups is 2. The fourth-order valence-electron chi connectivity index (χ4n) is 3.73. The van der Waals surface area contributed by atoms with Gasteiger partial charge in [0.05, 0.1) is 14.2 Å². The first-order chi connectivity index (χ1) is 16.9. The van der Waals surface area contributed by atoms with E-state index in [-0.39, 0.29) is 18.9 Å². The Kier molecular flexibility index (Phi) is 9.49. The minimum absolute atomic E-state index is 0.169. The molecule has 0 bridgehead atoms. The number of furan rings is 1. The molecule has 35 heavy (non-hydrogen) atoms. The van der Waals surface area contributed by atoms with E-state index in [9.17, 15) is 9.59 Å². The average molecular weight is 480 g/mol. The van der Waals surface area contributed by atoms with Crippen LogP contribution in [-0.4, -0.2) is 38.2 Å². The van der Waals surface area contributed by atoms with Gasteiger partial charge in [0.2, 0.25) is 0 Å². The van der Waals surface area contributed by atoms with E-state index in [4.69, 9.17) is 18.6 Å². The number of methoxy groups -OCH3 is 2. The lowest BCUT2D eigenvalue weighted by molar-refractivity contribution is -0.149. The molecule has 186 valence electrons. The molecular formula is C28H33NO6. The molecule has 2 atom stereocenters. The van der Waals surface area contributed by atoms with E-state index in [1.54, 1.807) is 7.11 Å². The van der Waals surface area contributed by atoms with Crippen molar-refractivity contribution in [1.82, 2.24) is 5.32 Å². The summed E-state index contributed by atoms with van der Waals surface area (Å²) in [6, 6.07) is 19.2. The van der Waals surface area contributed by atoms with Crippen molar-refractivity contribution in [3.8, 4) is 17.1 Å². The zero-order valence-corrected chi connectivity index (χ0v) is 20.7. The maximum atomic E-state index is 12.9. The van der Waals surface area contributed by atoms with Gasteiger partial charge >= 0.3 is 11.9 Å². The second-order valence-corrected chi connectivity index (χ2v) is 8.72. The minimum atomic E-state index is -0.775. The Bertz CT molecular complexity index is 1070. The van der Waals surface area contributed by atoms with Crippen molar-refractivity contribution in [1.29, 1.82) is 0 Å². The Morgan fingerprint density at radius 2 is 1.60 bits per heavy atom. The van der Waals surface area contributed by atoms with Gasteiger partial charge < -0.3 is 18.6 Å². The van der Waals surface area contributed by atoms with Crippen molar-refractivity contribution in [3.05, 3.63) is 78.1 Å². The molecule has 3 aromatic rings. The molecule has 1 aromatic heterocycles. The van der Waals surface area contributed by atoms with Gasteiger partial charge in [-0.25, -0.2) is 0 Å². The van der Waals surface area contributed by atoms with Crippen LogP contribution in [0.5, 0.6) is 5.75 Å². The van der Waals surface area contributed by atoms with E-state index in [2.05, 4.69) is 5.32 Å². The van der Waals surface area contributed by atoms with Gasteiger partial charge in [0.1, 0.15) is 36.0 Å². The monoisotopic (exact) mass is 479 g/mol. The summed E-state index contributed by atoms with van der Waals surface area (Å²) >= 11 is 0. The first-order valence-electron chi connectivity index (χ1n) is 11.7. The van der Waals surface area contributed by atoms with Crippen LogP contribution in [0.25, 0.3) is 11.3 Å². The van der Waals surface area contributed by atoms with Gasteiger partial charge in [0.15, 0.2) is 0 Å². The van der Waals surface area contributed by atoms with Gasteiger partial charge in [-0.2, -0.15) is 0 Å². The van der Waals surface area contributed by atoms with Crippen LogP contribution in [0.4, 0.5) is 0 Å². The quantitative estimate of drug-likeness (QED) is 0.374. The molecule has 0 aliphatic carbocycles. The van der Waals surface area contributed by atoms with E-state index >= 15 is 0 Å². The lowest BCUT2D eigenvalue weighted by atomic mass is 10.0. The van der Waals surface area contributed by atoms with Crippen molar-refractivity contribution in [2.45, 2.75) is 45.4 Å². The number of hydrogen-bond donors (Lipinski definition) is 1. The molecular weight excluding hydrogens is 446 g/mol. The van der Waals surface area contributed by atoms with Crippen molar-refractivity contribution < 1.29 is 28.2 Å². The van der Waals surface area contributed by atoms with Crippen LogP contribution < -0.4 is 10.1 Å². The van der Waals surface area contributed by atoms with Crippen molar-refractivity contribution in [2.24, 2.45) is 5.92 Å². The van der Waals surface area contributed by atoms with Crippen LogP contribution >= 0.6 is 0 Å². The molecule has 0 radical (unpaired) electrons. The fraction of sp³-hybridized carbons (Fsp3) is 0.357. The largest absolute Gasteiger partial charge is 0.497 e. The van der Waals surface area contributed by atoms with Crippen LogP contribution in [0.3, 0.4) is 0 Å². The molecule has 1 N–H and O–H groups in total. The molecule has 0 saturated heterocycles. The number of carbonyl (C=O) groups excluding carboxylic acids is 2. The molecule has 0 spiro atoms.